The van der Waals surface area contributed by atoms with Crippen LogP contribution in [0.3, 0.4) is 0 Å². The molecule has 3 unspecified atom stereocenters. The summed E-state index contributed by atoms with van der Waals surface area (Å²) in [6.07, 6.45) is 6.05. The Morgan fingerprint density at radius 2 is 1.68 bits per heavy atom. The molecular weight excluding hydrogens is 598 g/mol. The number of fused-ring (bicyclic) bond motifs is 4. The first-order chi connectivity index (χ1) is 21.8. The average Bonchev–Trinajstić information content (AvgIpc) is 3.61. The van der Waals surface area contributed by atoms with Crippen molar-refractivity contribution in [1.29, 1.82) is 0 Å². The Balaban J connectivity index is 1.13. The topological polar surface area (TPSA) is 115 Å². The molecule has 2 N–H and O–H groups in total. The molecular formula is C38H61NO8. The number of nitrogens with zero attached hydrogens (tertiary/aromatic N) is 1. The van der Waals surface area contributed by atoms with E-state index in [0.717, 1.165) is 32.1 Å². The van der Waals surface area contributed by atoms with Crippen molar-refractivity contribution in [2.75, 3.05) is 19.7 Å². The Morgan fingerprint density at radius 3 is 2.34 bits per heavy atom. The van der Waals surface area contributed by atoms with Crippen molar-refractivity contribution in [2.45, 2.75) is 156 Å². The molecule has 2 saturated heterocycles. The number of carbonyl (C=O) groups excluding carboxylic acids is 2. The quantitative estimate of drug-likeness (QED) is 0.393. The monoisotopic (exact) mass is 659 g/mol. The summed E-state index contributed by atoms with van der Waals surface area (Å²) < 4.78 is 25.3. The number of morpholine rings is 1. The van der Waals surface area contributed by atoms with Crippen molar-refractivity contribution < 1.29 is 38.7 Å². The fourth-order valence-electron chi connectivity index (χ4n) is 13.8. The van der Waals surface area contributed by atoms with Gasteiger partial charge in [0.2, 0.25) is 5.91 Å². The third-order valence-electron chi connectivity index (χ3n) is 15.9. The molecule has 9 nitrogen and oxygen atoms in total. The van der Waals surface area contributed by atoms with Gasteiger partial charge in [0.05, 0.1) is 43.2 Å². The smallest absolute Gasteiger partial charge is 0.303 e. The van der Waals surface area contributed by atoms with Crippen molar-refractivity contribution in [1.82, 2.24) is 4.90 Å². The van der Waals surface area contributed by atoms with Gasteiger partial charge in [-0.25, -0.2) is 0 Å². The van der Waals surface area contributed by atoms with Crippen LogP contribution in [0, 0.1) is 50.7 Å². The van der Waals surface area contributed by atoms with Gasteiger partial charge in [-0.05, 0) is 111 Å². The lowest BCUT2D eigenvalue weighted by molar-refractivity contribution is -0.247. The Labute approximate surface area is 281 Å². The number of hydrogen-bond donors (Lipinski definition) is 2. The molecule has 5 saturated carbocycles. The molecule has 47 heavy (non-hydrogen) atoms. The summed E-state index contributed by atoms with van der Waals surface area (Å²) in [6.45, 7) is 19.9. The van der Waals surface area contributed by atoms with Crippen LogP contribution < -0.4 is 0 Å². The molecule has 0 bridgehead atoms. The molecule has 7 rings (SSSR count). The van der Waals surface area contributed by atoms with Crippen molar-refractivity contribution in [3.63, 3.8) is 0 Å². The number of aliphatic hydroxyl groups is 2. The van der Waals surface area contributed by atoms with Crippen molar-refractivity contribution in [3.05, 3.63) is 0 Å². The first-order valence-electron chi connectivity index (χ1n) is 18.6. The average molecular weight is 660 g/mol. The molecule has 2 aliphatic heterocycles. The van der Waals surface area contributed by atoms with E-state index >= 15 is 0 Å². The number of rotatable bonds is 5. The van der Waals surface area contributed by atoms with Gasteiger partial charge in [-0.3, -0.25) is 9.59 Å². The van der Waals surface area contributed by atoms with E-state index in [1.165, 1.54) is 19.8 Å². The van der Waals surface area contributed by atoms with Crippen LogP contribution in [-0.2, 0) is 28.5 Å². The Hall–Kier alpha value is -1.26. The third-order valence-corrected chi connectivity index (χ3v) is 15.9. The molecule has 7 aliphatic rings. The molecule has 0 aromatic heterocycles. The van der Waals surface area contributed by atoms with E-state index < -0.39 is 29.9 Å². The number of carbonyl (C=O) groups is 2. The minimum absolute atomic E-state index is 0.0216. The minimum Gasteiger partial charge on any atom is -0.457 e. The molecule has 9 heteroatoms. The van der Waals surface area contributed by atoms with E-state index in [9.17, 15) is 19.8 Å². The van der Waals surface area contributed by atoms with Crippen LogP contribution in [0.5, 0.6) is 0 Å². The van der Waals surface area contributed by atoms with Crippen LogP contribution in [0.2, 0.25) is 0 Å². The molecule has 0 radical (unpaired) electrons. The molecule has 0 aromatic carbocycles. The van der Waals surface area contributed by atoms with E-state index in [4.69, 9.17) is 18.9 Å². The lowest BCUT2D eigenvalue weighted by Gasteiger charge is -2.64. The second-order valence-electron chi connectivity index (χ2n) is 18.6. The number of hydrogen-bond acceptors (Lipinski definition) is 8. The maximum atomic E-state index is 12.5. The van der Waals surface area contributed by atoms with Gasteiger partial charge in [-0.15, -0.1) is 0 Å². The van der Waals surface area contributed by atoms with Gasteiger partial charge in [0.15, 0.2) is 12.4 Å². The standard InChI is InChI=1S/C38H61NO8/c1-21-18-24(32(34(6,7)43)45-23(3)41)46-30-29(21)35(8)14-15-38-20-37(38)13-12-27(47-28-19-39(22(2)40)16-17-44-28)33(4,5)25(37)10-11-26(38)36(35,9)31(30)42/h21,24-32,42-43H,10-20H2,1-9H3/t21-,24?,25+,26?,27+,28+,29+,30?,31+,32+,35-,36-,37-,38+/m1/s1. The highest BCUT2D eigenvalue weighted by Crippen LogP contribution is 2.89. The van der Waals surface area contributed by atoms with Crippen LogP contribution in [-0.4, -0.2) is 89.1 Å². The summed E-state index contributed by atoms with van der Waals surface area (Å²) in [5.74, 6) is 1.06. The van der Waals surface area contributed by atoms with Crippen LogP contribution in [0.4, 0.5) is 0 Å². The van der Waals surface area contributed by atoms with E-state index in [-0.39, 0.29) is 63.3 Å². The normalized spacial score (nSPS) is 50.6. The van der Waals surface area contributed by atoms with Gasteiger partial charge in [0, 0.05) is 25.8 Å². The zero-order valence-electron chi connectivity index (χ0n) is 30.3. The lowest BCUT2D eigenvalue weighted by atomic mass is 9.41. The lowest BCUT2D eigenvalue weighted by Crippen LogP contribution is -2.60. The molecule has 7 fully saturated rings. The highest BCUT2D eigenvalue weighted by molar-refractivity contribution is 5.73. The number of esters is 1. The van der Waals surface area contributed by atoms with Crippen LogP contribution in [0.25, 0.3) is 0 Å². The summed E-state index contributed by atoms with van der Waals surface area (Å²) in [5, 5.41) is 23.6. The molecule has 2 spiro atoms. The van der Waals surface area contributed by atoms with Gasteiger partial charge < -0.3 is 34.1 Å². The van der Waals surface area contributed by atoms with E-state index in [0.29, 0.717) is 38.0 Å². The molecule has 5 aliphatic carbocycles. The minimum atomic E-state index is -1.26. The predicted molar refractivity (Wildman–Crippen MR) is 175 cm³/mol. The highest BCUT2D eigenvalue weighted by atomic mass is 16.7. The van der Waals surface area contributed by atoms with Gasteiger partial charge in [0.1, 0.15) is 0 Å². The van der Waals surface area contributed by atoms with E-state index in [2.05, 4.69) is 34.6 Å². The SMILES string of the molecule is CC(=O)O[C@@H](C1C[C@@H](C)[C@H]2C(O1)[C@H](O)[C@@]1(C)C3CC[C@H]4C(C)(C)[C@@H](O[C@H]5CN(C(C)=O)CCO5)CC[C@@]45C[C@@]35CC[C@]21C)C(C)(C)O. The molecule has 0 aromatic rings. The van der Waals surface area contributed by atoms with E-state index in [1.807, 2.05) is 4.90 Å². The summed E-state index contributed by atoms with van der Waals surface area (Å²) in [7, 11) is 0. The Kier molecular flexibility index (Phi) is 7.91. The maximum absolute atomic E-state index is 12.5. The molecule has 14 atom stereocenters. The Bertz CT molecular complexity index is 1280. The predicted octanol–water partition coefficient (Wildman–Crippen LogP) is 5.09. The van der Waals surface area contributed by atoms with Crippen molar-refractivity contribution >= 4 is 11.9 Å². The number of ether oxygens (including phenoxy) is 4. The van der Waals surface area contributed by atoms with Crippen molar-refractivity contribution in [2.24, 2.45) is 50.7 Å². The largest absolute Gasteiger partial charge is 0.457 e. The fourth-order valence-corrected chi connectivity index (χ4v) is 13.8. The van der Waals surface area contributed by atoms with Crippen LogP contribution >= 0.6 is 0 Å². The first kappa shape index (κ1) is 34.2. The Morgan fingerprint density at radius 1 is 1.00 bits per heavy atom. The molecule has 1 amide bonds. The number of amides is 1. The zero-order chi connectivity index (χ0) is 34.1. The maximum Gasteiger partial charge on any atom is 0.303 e. The molecule has 266 valence electrons. The highest BCUT2D eigenvalue weighted by Gasteiger charge is 2.84. The molecule has 2 heterocycles. The second kappa shape index (κ2) is 10.9. The van der Waals surface area contributed by atoms with Crippen LogP contribution in [0.1, 0.15) is 114 Å². The van der Waals surface area contributed by atoms with E-state index in [1.54, 1.807) is 20.8 Å². The van der Waals surface area contributed by atoms with Gasteiger partial charge >= 0.3 is 5.97 Å². The van der Waals surface area contributed by atoms with Crippen molar-refractivity contribution in [3.8, 4) is 0 Å². The van der Waals surface area contributed by atoms with Gasteiger partial charge in [-0.1, -0.05) is 34.6 Å². The third kappa shape index (κ3) is 4.64. The van der Waals surface area contributed by atoms with Gasteiger partial charge in [-0.2, -0.15) is 0 Å². The fraction of sp³-hybridized carbons (Fsp3) is 0.947. The van der Waals surface area contributed by atoms with Gasteiger partial charge in [0.25, 0.3) is 0 Å². The summed E-state index contributed by atoms with van der Waals surface area (Å²) in [5.41, 5.74) is -1.16. The first-order valence-corrected chi connectivity index (χ1v) is 18.6. The summed E-state index contributed by atoms with van der Waals surface area (Å²) >= 11 is 0. The summed E-state index contributed by atoms with van der Waals surface area (Å²) in [4.78, 5) is 26.0. The summed E-state index contributed by atoms with van der Waals surface area (Å²) in [6, 6.07) is 0. The zero-order valence-corrected chi connectivity index (χ0v) is 30.3. The van der Waals surface area contributed by atoms with Crippen LogP contribution in [0.15, 0.2) is 0 Å². The number of aliphatic hydroxyl groups excluding tert-OH is 1. The second-order valence-corrected chi connectivity index (χ2v) is 18.6.